The van der Waals surface area contributed by atoms with Gasteiger partial charge in [0.25, 0.3) is 0 Å². The van der Waals surface area contributed by atoms with E-state index in [4.69, 9.17) is 14.6 Å². The van der Waals surface area contributed by atoms with Gasteiger partial charge in [0.1, 0.15) is 6.10 Å². The molecule has 0 aromatic heterocycles. The number of carbonyl (C=O) groups is 1. The van der Waals surface area contributed by atoms with Crippen molar-refractivity contribution in [3.8, 4) is 0 Å². The molecule has 4 heteroatoms. The molecule has 0 bridgehead atoms. The summed E-state index contributed by atoms with van der Waals surface area (Å²) in [4.78, 5) is 10.4. The Labute approximate surface area is 154 Å². The number of rotatable bonds is 20. The van der Waals surface area contributed by atoms with Gasteiger partial charge in [-0.2, -0.15) is 0 Å². The van der Waals surface area contributed by atoms with Crippen LogP contribution < -0.4 is 0 Å². The fourth-order valence-electron chi connectivity index (χ4n) is 3.16. The van der Waals surface area contributed by atoms with E-state index in [1.54, 1.807) is 0 Å². The van der Waals surface area contributed by atoms with Crippen molar-refractivity contribution < 1.29 is 19.4 Å². The number of aliphatic carboxylic acids is 1. The van der Waals surface area contributed by atoms with Gasteiger partial charge < -0.3 is 14.6 Å². The summed E-state index contributed by atoms with van der Waals surface area (Å²) in [6, 6.07) is 0. The van der Waals surface area contributed by atoms with Crippen LogP contribution in [-0.2, 0) is 14.3 Å². The number of unbranched alkanes of at least 4 members (excludes halogenated alkanes) is 14. The van der Waals surface area contributed by atoms with Gasteiger partial charge in [-0.15, -0.1) is 0 Å². The minimum Gasteiger partial charge on any atom is -0.481 e. The standard InChI is InChI=1S/C21H40O4/c22-21(23)16-14-12-10-8-6-4-2-1-3-5-7-9-11-13-15-17-24-18-20-19-25-20/h20H,1-19H2,(H,22,23). The van der Waals surface area contributed by atoms with Gasteiger partial charge >= 0.3 is 5.97 Å². The number of hydrogen-bond acceptors (Lipinski definition) is 3. The summed E-state index contributed by atoms with van der Waals surface area (Å²) < 4.78 is 10.6. The van der Waals surface area contributed by atoms with Gasteiger partial charge in [0.05, 0.1) is 13.2 Å². The smallest absolute Gasteiger partial charge is 0.303 e. The predicted molar refractivity (Wildman–Crippen MR) is 102 cm³/mol. The first-order chi connectivity index (χ1) is 12.3. The number of carboxylic acids is 1. The summed E-state index contributed by atoms with van der Waals surface area (Å²) in [6.07, 6.45) is 20.0. The molecule has 148 valence electrons. The van der Waals surface area contributed by atoms with Crippen LogP contribution in [0.15, 0.2) is 0 Å². The Bertz CT molecular complexity index is 302. The second-order valence-corrected chi connectivity index (χ2v) is 7.48. The lowest BCUT2D eigenvalue weighted by Gasteiger charge is -2.04. The summed E-state index contributed by atoms with van der Waals surface area (Å²) in [6.45, 7) is 2.60. The highest BCUT2D eigenvalue weighted by atomic mass is 16.6. The molecule has 1 heterocycles. The van der Waals surface area contributed by atoms with Gasteiger partial charge in [-0.3, -0.25) is 4.79 Å². The van der Waals surface area contributed by atoms with Crippen LogP contribution in [0.4, 0.5) is 0 Å². The van der Waals surface area contributed by atoms with Crippen molar-refractivity contribution in [2.45, 2.75) is 109 Å². The van der Waals surface area contributed by atoms with Gasteiger partial charge in [-0.05, 0) is 12.8 Å². The predicted octanol–water partition coefficient (Wildman–Crippen LogP) is 5.73. The first kappa shape index (κ1) is 22.4. The van der Waals surface area contributed by atoms with E-state index in [0.717, 1.165) is 32.7 Å². The lowest BCUT2D eigenvalue weighted by Crippen LogP contribution is -2.02. The van der Waals surface area contributed by atoms with Crippen molar-refractivity contribution in [3.63, 3.8) is 0 Å². The second-order valence-electron chi connectivity index (χ2n) is 7.48. The highest BCUT2D eigenvalue weighted by molar-refractivity contribution is 5.66. The molecule has 0 amide bonds. The van der Waals surface area contributed by atoms with E-state index in [9.17, 15) is 4.79 Å². The molecule has 25 heavy (non-hydrogen) atoms. The van der Waals surface area contributed by atoms with Crippen molar-refractivity contribution >= 4 is 5.97 Å². The molecule has 0 spiro atoms. The van der Waals surface area contributed by atoms with Crippen LogP contribution in [0.5, 0.6) is 0 Å². The quantitative estimate of drug-likeness (QED) is 0.224. The van der Waals surface area contributed by atoms with Crippen molar-refractivity contribution in [1.29, 1.82) is 0 Å². The maximum Gasteiger partial charge on any atom is 0.303 e. The SMILES string of the molecule is O=C(O)CCCCCCCCCCCCCCCCCOCC1CO1. The van der Waals surface area contributed by atoms with E-state index in [1.807, 2.05) is 0 Å². The van der Waals surface area contributed by atoms with Crippen molar-refractivity contribution in [2.75, 3.05) is 19.8 Å². The van der Waals surface area contributed by atoms with Crippen molar-refractivity contribution in [1.82, 2.24) is 0 Å². The normalized spacial score (nSPS) is 16.2. The number of hydrogen-bond donors (Lipinski definition) is 1. The van der Waals surface area contributed by atoms with E-state index in [-0.39, 0.29) is 0 Å². The molecule has 0 aromatic carbocycles. The van der Waals surface area contributed by atoms with E-state index < -0.39 is 5.97 Å². The van der Waals surface area contributed by atoms with Crippen molar-refractivity contribution in [3.05, 3.63) is 0 Å². The third-order valence-corrected chi connectivity index (χ3v) is 4.89. The zero-order valence-corrected chi connectivity index (χ0v) is 16.2. The average molecular weight is 357 g/mol. The zero-order valence-electron chi connectivity index (χ0n) is 16.2. The molecule has 0 aromatic rings. The monoisotopic (exact) mass is 356 g/mol. The molecule has 1 saturated heterocycles. The number of carboxylic acid groups (broad SMARTS) is 1. The lowest BCUT2D eigenvalue weighted by molar-refractivity contribution is -0.137. The maximum atomic E-state index is 10.4. The highest BCUT2D eigenvalue weighted by Gasteiger charge is 2.21. The highest BCUT2D eigenvalue weighted by Crippen LogP contribution is 2.14. The Balaban J connectivity index is 1.60. The zero-order chi connectivity index (χ0) is 18.0. The van der Waals surface area contributed by atoms with Gasteiger partial charge in [0.2, 0.25) is 0 Å². The molecular weight excluding hydrogens is 316 g/mol. The van der Waals surface area contributed by atoms with Gasteiger partial charge in [-0.25, -0.2) is 0 Å². The van der Waals surface area contributed by atoms with Gasteiger partial charge in [-0.1, -0.05) is 83.5 Å². The van der Waals surface area contributed by atoms with Crippen LogP contribution in [0, 0.1) is 0 Å². The molecule has 4 nitrogen and oxygen atoms in total. The summed E-state index contributed by atoms with van der Waals surface area (Å²) in [5.74, 6) is -0.659. The van der Waals surface area contributed by atoms with Crippen LogP contribution in [0.3, 0.4) is 0 Å². The molecular formula is C21H40O4. The van der Waals surface area contributed by atoms with E-state index in [2.05, 4.69) is 0 Å². The van der Waals surface area contributed by atoms with Crippen LogP contribution >= 0.6 is 0 Å². The third-order valence-electron chi connectivity index (χ3n) is 4.89. The Morgan fingerprint density at radius 2 is 1.16 bits per heavy atom. The van der Waals surface area contributed by atoms with Crippen LogP contribution in [0.2, 0.25) is 0 Å². The molecule has 1 rings (SSSR count). The number of ether oxygens (including phenoxy) is 2. The first-order valence-electron chi connectivity index (χ1n) is 10.7. The largest absolute Gasteiger partial charge is 0.481 e. The lowest BCUT2D eigenvalue weighted by atomic mass is 10.0. The summed E-state index contributed by atoms with van der Waals surface area (Å²) in [5.41, 5.74) is 0. The van der Waals surface area contributed by atoms with Crippen molar-refractivity contribution in [2.24, 2.45) is 0 Å². The van der Waals surface area contributed by atoms with E-state index >= 15 is 0 Å². The summed E-state index contributed by atoms with van der Waals surface area (Å²) in [7, 11) is 0. The summed E-state index contributed by atoms with van der Waals surface area (Å²) in [5, 5.41) is 8.56. The Hall–Kier alpha value is -0.610. The van der Waals surface area contributed by atoms with Gasteiger partial charge in [0.15, 0.2) is 0 Å². The second kappa shape index (κ2) is 16.8. The summed E-state index contributed by atoms with van der Waals surface area (Å²) >= 11 is 0. The fourth-order valence-corrected chi connectivity index (χ4v) is 3.16. The molecule has 0 saturated carbocycles. The maximum absolute atomic E-state index is 10.4. The fraction of sp³-hybridized carbons (Fsp3) is 0.952. The minimum atomic E-state index is -0.659. The molecule has 1 atom stereocenters. The van der Waals surface area contributed by atoms with Crippen LogP contribution in [0.25, 0.3) is 0 Å². The Morgan fingerprint density at radius 1 is 0.760 bits per heavy atom. The third kappa shape index (κ3) is 18.0. The molecule has 0 aliphatic carbocycles. The molecule has 1 aliphatic rings. The molecule has 1 aliphatic heterocycles. The van der Waals surface area contributed by atoms with E-state index in [0.29, 0.717) is 12.5 Å². The van der Waals surface area contributed by atoms with E-state index in [1.165, 1.54) is 83.5 Å². The van der Waals surface area contributed by atoms with Gasteiger partial charge in [0, 0.05) is 13.0 Å². The first-order valence-corrected chi connectivity index (χ1v) is 10.7. The topological polar surface area (TPSA) is 59.1 Å². The molecule has 0 radical (unpaired) electrons. The average Bonchev–Trinajstić information content (AvgIpc) is 3.41. The molecule has 1 unspecified atom stereocenters. The molecule has 1 N–H and O–H groups in total. The number of epoxide rings is 1. The van der Waals surface area contributed by atoms with Crippen LogP contribution in [0.1, 0.15) is 103 Å². The molecule has 1 fully saturated rings. The Kier molecular flexibility index (Phi) is 15.1. The Morgan fingerprint density at radius 3 is 1.56 bits per heavy atom. The van der Waals surface area contributed by atoms with Crippen LogP contribution in [-0.4, -0.2) is 37.0 Å². The minimum absolute atomic E-state index is 0.337.